The highest BCUT2D eigenvalue weighted by molar-refractivity contribution is 7.25. The van der Waals surface area contributed by atoms with Gasteiger partial charge in [0.25, 0.3) is 0 Å². The average Bonchev–Trinajstić information content (AvgIpc) is 3.72. The quantitative estimate of drug-likeness (QED) is 0.185. The molecule has 0 N–H and O–H groups in total. The van der Waals surface area contributed by atoms with E-state index in [4.69, 9.17) is 16.3 Å². The van der Waals surface area contributed by atoms with E-state index < -0.39 is 0 Å². The lowest BCUT2D eigenvalue weighted by atomic mass is 10.0. The summed E-state index contributed by atoms with van der Waals surface area (Å²) in [6, 6.07) is 56.9. The molecule has 10 rings (SSSR count). The summed E-state index contributed by atoms with van der Waals surface area (Å²) in [5.41, 5.74) is 8.24. The van der Waals surface area contributed by atoms with E-state index >= 15 is 0 Å². The summed E-state index contributed by atoms with van der Waals surface area (Å²) < 4.78 is 13.3. The van der Waals surface area contributed by atoms with E-state index in [1.807, 2.05) is 84.1 Å². The third kappa shape index (κ3) is 4.79. The molecule has 10 aromatic rings. The molecule has 50 heavy (non-hydrogen) atoms. The third-order valence-corrected chi connectivity index (χ3v) is 10.5. The van der Waals surface area contributed by atoms with Crippen LogP contribution in [-0.2, 0) is 0 Å². The summed E-state index contributed by atoms with van der Waals surface area (Å²) in [7, 11) is 0. The van der Waals surface area contributed by atoms with Gasteiger partial charge in [0.2, 0.25) is 0 Å². The Balaban J connectivity index is 1.12. The molecule has 0 spiro atoms. The zero-order valence-electron chi connectivity index (χ0n) is 27.8. The fraction of sp³-hybridized carbons (Fsp3) is 0. The van der Waals surface area contributed by atoms with Crippen LogP contribution in [0.2, 0.25) is 0 Å². The largest absolute Gasteiger partial charge is 0.309 e. The van der Waals surface area contributed by atoms with Gasteiger partial charge in [-0.1, -0.05) is 127 Å². The van der Waals surface area contributed by atoms with Crippen molar-refractivity contribution in [2.75, 3.05) is 0 Å². The summed E-state index contributed by atoms with van der Waals surface area (Å²) in [6.45, 7) is 0. The molecule has 3 heterocycles. The SMILES string of the molecule is [2H]c1ccc2c(c1)c1cc3c(cc1n2-c1cccc(-c2cccc(-c4nc(-c5ccccc5)nc(-c5ccccc5)n4)c2)c1)sc1ccccc13. The summed E-state index contributed by atoms with van der Waals surface area (Å²) in [4.78, 5) is 14.8. The zero-order chi connectivity index (χ0) is 33.9. The molecule has 0 amide bonds. The highest BCUT2D eigenvalue weighted by Crippen LogP contribution is 2.41. The molecule has 0 bridgehead atoms. The third-order valence-electron chi connectivity index (χ3n) is 9.37. The Kier molecular flexibility index (Phi) is 6.39. The molecule has 5 heteroatoms. The molecular formula is C45H28N4S. The van der Waals surface area contributed by atoms with Gasteiger partial charge in [0.15, 0.2) is 17.5 Å². The van der Waals surface area contributed by atoms with E-state index in [1.165, 1.54) is 20.2 Å². The van der Waals surface area contributed by atoms with Gasteiger partial charge in [0, 0.05) is 53.3 Å². The van der Waals surface area contributed by atoms with Crippen molar-refractivity contribution in [2.24, 2.45) is 0 Å². The molecule has 7 aromatic carbocycles. The summed E-state index contributed by atoms with van der Waals surface area (Å²) in [5.74, 6) is 1.91. The molecule has 0 atom stereocenters. The summed E-state index contributed by atoms with van der Waals surface area (Å²) >= 11 is 1.83. The van der Waals surface area contributed by atoms with Crippen molar-refractivity contribution in [3.8, 4) is 51.0 Å². The van der Waals surface area contributed by atoms with Crippen molar-refractivity contribution in [3.05, 3.63) is 170 Å². The molecule has 0 fully saturated rings. The Labute approximate surface area is 294 Å². The van der Waals surface area contributed by atoms with E-state index in [-0.39, 0.29) is 0 Å². The van der Waals surface area contributed by atoms with Crippen molar-refractivity contribution in [3.63, 3.8) is 0 Å². The molecule has 0 aliphatic rings. The number of para-hydroxylation sites is 1. The van der Waals surface area contributed by atoms with Crippen molar-refractivity contribution < 1.29 is 1.37 Å². The number of fused-ring (bicyclic) bond motifs is 6. The van der Waals surface area contributed by atoms with Gasteiger partial charge in [-0.2, -0.15) is 0 Å². The van der Waals surface area contributed by atoms with Gasteiger partial charge in [-0.05, 0) is 53.6 Å². The van der Waals surface area contributed by atoms with Crippen molar-refractivity contribution >= 4 is 53.3 Å². The van der Waals surface area contributed by atoms with Crippen molar-refractivity contribution in [1.82, 2.24) is 19.5 Å². The van der Waals surface area contributed by atoms with E-state index in [1.54, 1.807) is 0 Å². The minimum absolute atomic E-state index is 0.506. The first-order valence-corrected chi connectivity index (χ1v) is 17.4. The first kappa shape index (κ1) is 27.5. The first-order valence-electron chi connectivity index (χ1n) is 17.1. The zero-order valence-corrected chi connectivity index (χ0v) is 27.6. The number of rotatable bonds is 5. The number of aromatic nitrogens is 4. The maximum atomic E-state index is 8.47. The standard InChI is InChI=1S/C45H28N4S/c1-3-13-29(14-4-1)43-46-44(30-15-5-2-6-16-30)48-45(47-43)33-19-11-17-31(25-33)32-18-12-20-34(26-32)49-39-23-9-7-21-35(39)37-27-38-36-22-8-10-24-41(36)50-42(38)28-40(37)49/h1-28H/i7D. The highest BCUT2D eigenvalue weighted by atomic mass is 32.1. The van der Waals surface area contributed by atoms with Gasteiger partial charge >= 0.3 is 0 Å². The lowest BCUT2D eigenvalue weighted by Gasteiger charge is -2.12. The summed E-state index contributed by atoms with van der Waals surface area (Å²) in [6.07, 6.45) is 0. The van der Waals surface area contributed by atoms with Gasteiger partial charge < -0.3 is 4.57 Å². The van der Waals surface area contributed by atoms with E-state index in [0.717, 1.165) is 55.3 Å². The number of nitrogens with zero attached hydrogens (tertiary/aromatic N) is 4. The minimum atomic E-state index is 0.506. The predicted octanol–water partition coefficient (Wildman–Crippen LogP) is 12.0. The van der Waals surface area contributed by atoms with Crippen LogP contribution in [-0.4, -0.2) is 19.5 Å². The van der Waals surface area contributed by atoms with Crippen LogP contribution in [0.15, 0.2) is 170 Å². The van der Waals surface area contributed by atoms with E-state index in [2.05, 4.69) is 95.6 Å². The fourth-order valence-electron chi connectivity index (χ4n) is 7.00. The average molecular weight is 658 g/mol. The Morgan fingerprint density at radius 3 is 1.78 bits per heavy atom. The second kappa shape index (κ2) is 11.6. The molecule has 0 aliphatic carbocycles. The Morgan fingerprint density at radius 1 is 0.400 bits per heavy atom. The normalized spacial score (nSPS) is 11.9. The van der Waals surface area contributed by atoms with Gasteiger partial charge in [-0.3, -0.25) is 0 Å². The van der Waals surface area contributed by atoms with E-state index in [0.29, 0.717) is 23.5 Å². The fourth-order valence-corrected chi connectivity index (χ4v) is 8.12. The molecule has 0 saturated carbocycles. The lowest BCUT2D eigenvalue weighted by molar-refractivity contribution is 1.07. The monoisotopic (exact) mass is 657 g/mol. The number of thiophene rings is 1. The molecule has 234 valence electrons. The summed E-state index contributed by atoms with van der Waals surface area (Å²) in [5, 5.41) is 4.77. The van der Waals surface area contributed by atoms with Crippen LogP contribution in [0.3, 0.4) is 0 Å². The van der Waals surface area contributed by atoms with Gasteiger partial charge in [-0.25, -0.2) is 15.0 Å². The van der Waals surface area contributed by atoms with Crippen molar-refractivity contribution in [1.29, 1.82) is 0 Å². The second-order valence-corrected chi connectivity index (χ2v) is 13.5. The van der Waals surface area contributed by atoms with Crippen LogP contribution < -0.4 is 0 Å². The number of benzene rings is 7. The minimum Gasteiger partial charge on any atom is -0.309 e. The first-order chi connectivity index (χ1) is 25.2. The van der Waals surface area contributed by atoms with Crippen LogP contribution in [0.5, 0.6) is 0 Å². The molecule has 4 nitrogen and oxygen atoms in total. The molecular weight excluding hydrogens is 629 g/mol. The molecule has 0 radical (unpaired) electrons. The molecule has 0 unspecified atom stereocenters. The van der Waals surface area contributed by atoms with Gasteiger partial charge in [0.05, 0.1) is 12.4 Å². The number of hydrogen-bond donors (Lipinski definition) is 0. The Bertz CT molecular complexity index is 2870. The topological polar surface area (TPSA) is 43.6 Å². The van der Waals surface area contributed by atoms with Crippen LogP contribution in [0, 0.1) is 0 Å². The Morgan fingerprint density at radius 2 is 1.02 bits per heavy atom. The number of hydrogen-bond acceptors (Lipinski definition) is 4. The maximum absolute atomic E-state index is 8.47. The highest BCUT2D eigenvalue weighted by Gasteiger charge is 2.17. The lowest BCUT2D eigenvalue weighted by Crippen LogP contribution is -2.00. The van der Waals surface area contributed by atoms with Crippen LogP contribution in [0.25, 0.3) is 93.0 Å². The molecule has 3 aromatic heterocycles. The van der Waals surface area contributed by atoms with Gasteiger partial charge in [-0.15, -0.1) is 11.3 Å². The Hall–Kier alpha value is -6.43. The van der Waals surface area contributed by atoms with Crippen LogP contribution >= 0.6 is 11.3 Å². The maximum Gasteiger partial charge on any atom is 0.164 e. The van der Waals surface area contributed by atoms with Crippen LogP contribution in [0.4, 0.5) is 0 Å². The predicted molar refractivity (Wildman–Crippen MR) is 209 cm³/mol. The molecule has 0 aliphatic heterocycles. The smallest absolute Gasteiger partial charge is 0.164 e. The van der Waals surface area contributed by atoms with E-state index in [9.17, 15) is 0 Å². The van der Waals surface area contributed by atoms with Crippen LogP contribution in [0.1, 0.15) is 1.37 Å². The van der Waals surface area contributed by atoms with Crippen molar-refractivity contribution in [2.45, 2.75) is 0 Å². The van der Waals surface area contributed by atoms with Gasteiger partial charge in [0.1, 0.15) is 0 Å². The second-order valence-electron chi connectivity index (χ2n) is 12.4. The molecule has 0 saturated heterocycles.